The van der Waals surface area contributed by atoms with Gasteiger partial charge in [-0.3, -0.25) is 14.7 Å². The highest BCUT2D eigenvalue weighted by atomic mass is 32.2. The summed E-state index contributed by atoms with van der Waals surface area (Å²) < 4.78 is 38.2. The fraction of sp³-hybridized carbons (Fsp3) is 0.250. The van der Waals surface area contributed by atoms with Gasteiger partial charge in [-0.05, 0) is 27.5 Å². The zero-order chi connectivity index (χ0) is 33.0. The minimum absolute atomic E-state index is 0.0476. The van der Waals surface area contributed by atoms with Crippen LogP contribution in [0.4, 0.5) is 11.8 Å². The van der Waals surface area contributed by atoms with E-state index in [0.29, 0.717) is 43.0 Å². The number of hydrogen-bond acceptors (Lipinski definition) is 15. The Morgan fingerprint density at radius 2 is 1.85 bits per heavy atom. The summed E-state index contributed by atoms with van der Waals surface area (Å²) >= 11 is 1.09. The number of aromatic nitrogens is 8. The van der Waals surface area contributed by atoms with E-state index in [1.54, 1.807) is 13.1 Å². The van der Waals surface area contributed by atoms with Crippen LogP contribution in [0.25, 0.3) is 11.3 Å². The molecule has 0 atom stereocenters. The van der Waals surface area contributed by atoms with Crippen molar-refractivity contribution in [2.45, 2.75) is 34.0 Å². The molecule has 240 valence electrons. The van der Waals surface area contributed by atoms with Gasteiger partial charge in [0.2, 0.25) is 11.9 Å². The Morgan fingerprint density at radius 1 is 1.15 bits per heavy atom. The molecule has 1 aliphatic heterocycles. The van der Waals surface area contributed by atoms with Crippen molar-refractivity contribution < 1.29 is 27.5 Å². The first-order chi connectivity index (χ1) is 22.7. The van der Waals surface area contributed by atoms with Gasteiger partial charge in [-0.25, -0.2) is 23.1 Å². The van der Waals surface area contributed by atoms with Crippen molar-refractivity contribution >= 4 is 39.3 Å². The number of piperidine rings is 1. The Kier molecular flexibility index (Phi) is 8.94. The Balaban J connectivity index is 1.21. The third-order valence-corrected chi connectivity index (χ3v) is 9.68. The average Bonchev–Trinajstić information content (AvgIpc) is 3.68. The molecule has 0 aliphatic carbocycles. The molecular formula is C28H25N11O6S2. The van der Waals surface area contributed by atoms with E-state index in [1.807, 2.05) is 35.2 Å². The number of carbonyl (C=O) groups excluding carboxylic acids is 1. The van der Waals surface area contributed by atoms with Crippen molar-refractivity contribution in [2.24, 2.45) is 7.05 Å². The zero-order valence-electron chi connectivity index (χ0n) is 24.6. The lowest BCUT2D eigenvalue weighted by molar-refractivity contribution is -0.832. The summed E-state index contributed by atoms with van der Waals surface area (Å²) in [6.45, 7) is 0.731. The number of thioether (sulfide) groups is 1. The number of carbonyl (C=O) groups is 1. The van der Waals surface area contributed by atoms with Gasteiger partial charge in [0.15, 0.2) is 11.0 Å². The number of sulfone groups is 1. The molecule has 47 heavy (non-hydrogen) atoms. The second-order valence-electron chi connectivity index (χ2n) is 10.2. The van der Waals surface area contributed by atoms with Crippen molar-refractivity contribution in [1.29, 1.82) is 5.26 Å². The van der Waals surface area contributed by atoms with Crippen LogP contribution in [0, 0.1) is 16.5 Å². The minimum atomic E-state index is -4.27. The molecule has 6 rings (SSSR count). The molecule has 4 heterocycles. The first-order valence-electron chi connectivity index (χ1n) is 14.1. The largest absolute Gasteiger partial charge is 0.451 e. The van der Waals surface area contributed by atoms with Gasteiger partial charge < -0.3 is 14.8 Å². The van der Waals surface area contributed by atoms with Crippen LogP contribution in [0.15, 0.2) is 80.4 Å². The Bertz CT molecular complexity index is 2040. The molecule has 17 nitrogen and oxygen atoms in total. The highest BCUT2D eigenvalue weighted by Gasteiger charge is 2.38. The maximum Gasteiger partial charge on any atom is 0.415 e. The summed E-state index contributed by atoms with van der Waals surface area (Å²) in [6, 6.07) is 18.9. The van der Waals surface area contributed by atoms with Crippen LogP contribution in [0.2, 0.25) is 0 Å². The number of nitriles is 1. The normalized spacial score (nSPS) is 13.7. The number of ether oxygens (including phenoxy) is 1. The molecule has 1 fully saturated rings. The first kappa shape index (κ1) is 31.4. The van der Waals surface area contributed by atoms with Crippen LogP contribution in [-0.4, -0.2) is 74.6 Å². The second-order valence-corrected chi connectivity index (χ2v) is 13.0. The van der Waals surface area contributed by atoms with Crippen LogP contribution in [0.3, 0.4) is 0 Å². The lowest BCUT2D eigenvalue weighted by Gasteiger charge is -2.32. The quantitative estimate of drug-likeness (QED) is 0.127. The van der Waals surface area contributed by atoms with Crippen LogP contribution >= 0.6 is 11.8 Å². The van der Waals surface area contributed by atoms with Gasteiger partial charge in [0.05, 0.1) is 21.5 Å². The third-order valence-electron chi connectivity index (χ3n) is 7.11. The monoisotopic (exact) mass is 675 g/mol. The third kappa shape index (κ3) is 6.68. The van der Waals surface area contributed by atoms with Gasteiger partial charge >= 0.3 is 10.9 Å². The van der Waals surface area contributed by atoms with Crippen molar-refractivity contribution in [3.05, 3.63) is 71.4 Å². The number of aryl methyl sites for hydroxylation is 1. The van der Waals surface area contributed by atoms with E-state index in [0.717, 1.165) is 11.8 Å². The second kappa shape index (κ2) is 13.4. The average molecular weight is 676 g/mol. The van der Waals surface area contributed by atoms with E-state index >= 15 is 0 Å². The van der Waals surface area contributed by atoms with Gasteiger partial charge in [-0.15, -0.1) is 0 Å². The number of benzene rings is 2. The van der Waals surface area contributed by atoms with E-state index in [9.17, 15) is 23.7 Å². The highest BCUT2D eigenvalue weighted by Crippen LogP contribution is 2.33. The molecule has 0 spiro atoms. The molecule has 1 N–H and O–H groups in total. The first-order valence-corrected chi connectivity index (χ1v) is 16.6. The van der Waals surface area contributed by atoms with Gasteiger partial charge in [-0.1, -0.05) is 65.4 Å². The minimum Gasteiger partial charge on any atom is -0.451 e. The number of anilines is 2. The summed E-state index contributed by atoms with van der Waals surface area (Å²) in [5.41, 5.74) is 1.37. The Hall–Kier alpha value is -5.61. The zero-order valence-corrected chi connectivity index (χ0v) is 26.3. The number of amides is 1. The van der Waals surface area contributed by atoms with Gasteiger partial charge in [0.1, 0.15) is 17.7 Å². The molecule has 1 saturated heterocycles. The molecular weight excluding hydrogens is 651 g/mol. The van der Waals surface area contributed by atoms with Gasteiger partial charge in [-0.2, -0.15) is 5.26 Å². The molecule has 0 unspecified atom stereocenters. The SMILES string of the molecule is Cn1nnnc1NC(=O)CSc1nc(-c2ccccc2)c(C#N)c(N2CCC(Oc3no[n+]([O-])c3S(=O)(=O)c3ccccc3)CC2)n1. The number of hydrogen-bond donors (Lipinski definition) is 1. The molecule has 5 aromatic rings. The van der Waals surface area contributed by atoms with E-state index in [2.05, 4.69) is 46.7 Å². The van der Waals surface area contributed by atoms with Gasteiger partial charge in [0, 0.05) is 38.5 Å². The summed E-state index contributed by atoms with van der Waals surface area (Å²) in [5.74, 6) is -0.280. The Morgan fingerprint density at radius 3 is 2.51 bits per heavy atom. The van der Waals surface area contributed by atoms with Crippen molar-refractivity contribution in [1.82, 2.24) is 35.3 Å². The lowest BCUT2D eigenvalue weighted by atomic mass is 10.0. The van der Waals surface area contributed by atoms with Crippen LogP contribution < -0.4 is 19.9 Å². The maximum atomic E-state index is 13.2. The van der Waals surface area contributed by atoms with Gasteiger partial charge in [0.25, 0.3) is 9.84 Å². The fourth-order valence-corrected chi connectivity index (χ4v) is 6.75. The number of tetrazole rings is 1. The topological polar surface area (TPSA) is 222 Å². The molecule has 19 heteroatoms. The summed E-state index contributed by atoms with van der Waals surface area (Å²) in [4.78, 5) is 23.5. The molecule has 1 amide bonds. The van der Waals surface area contributed by atoms with Crippen molar-refractivity contribution in [3.63, 3.8) is 0 Å². The van der Waals surface area contributed by atoms with E-state index < -0.39 is 26.8 Å². The number of nitrogens with zero attached hydrogens (tertiary/aromatic N) is 10. The molecule has 1 aliphatic rings. The van der Waals surface area contributed by atoms with Crippen molar-refractivity contribution in [3.8, 4) is 23.2 Å². The van der Waals surface area contributed by atoms with Crippen molar-refractivity contribution in [2.75, 3.05) is 29.1 Å². The lowest BCUT2D eigenvalue weighted by Crippen LogP contribution is -2.39. The van der Waals surface area contributed by atoms with Crippen LogP contribution in [0.5, 0.6) is 5.88 Å². The van der Waals surface area contributed by atoms with Crippen LogP contribution in [-0.2, 0) is 21.7 Å². The molecule has 0 radical (unpaired) electrons. The number of rotatable bonds is 10. The fourth-order valence-electron chi connectivity index (χ4n) is 4.82. The summed E-state index contributed by atoms with van der Waals surface area (Å²) in [6.07, 6.45) is 0.237. The van der Waals surface area contributed by atoms with Crippen LogP contribution in [0.1, 0.15) is 18.4 Å². The maximum absolute atomic E-state index is 13.2. The summed E-state index contributed by atoms with van der Waals surface area (Å²) in [7, 11) is -2.68. The van der Waals surface area contributed by atoms with E-state index in [1.165, 1.54) is 28.9 Å². The molecule has 0 saturated carbocycles. The van der Waals surface area contributed by atoms with E-state index in [-0.39, 0.29) is 38.1 Å². The standard InChI is InChI=1S/C28H25N11O6S2/c1-37-27(33-35-36-37)30-22(40)17-46-28-31-23(18-8-4-2-5-9-18)21(16-29)24(32-28)38-14-12-19(13-15-38)44-25-26(39(41)45-34-25)47(42,43)20-10-6-3-7-11-20/h2-11,19H,12-15,17H2,1H3,(H,30,33,36,40). The predicted octanol–water partition coefficient (Wildman–Crippen LogP) is 1.77. The highest BCUT2D eigenvalue weighted by molar-refractivity contribution is 7.99. The summed E-state index contributed by atoms with van der Waals surface area (Å²) in [5, 5.41) is 39.2. The Labute approximate surface area is 271 Å². The predicted molar refractivity (Wildman–Crippen MR) is 164 cm³/mol. The molecule has 2 aromatic carbocycles. The molecule has 3 aromatic heterocycles. The van der Waals surface area contributed by atoms with E-state index in [4.69, 9.17) is 4.74 Å². The number of nitrogens with one attached hydrogen (secondary N) is 1. The molecule has 0 bridgehead atoms. The smallest absolute Gasteiger partial charge is 0.415 e.